The van der Waals surface area contributed by atoms with Crippen molar-refractivity contribution < 1.29 is 4.74 Å². The fourth-order valence-electron chi connectivity index (χ4n) is 2.76. The van der Waals surface area contributed by atoms with Crippen LogP contribution in [0.15, 0.2) is 24.3 Å². The molecule has 4 nitrogen and oxygen atoms in total. The molecule has 2 heterocycles. The topological polar surface area (TPSA) is 49.9 Å². The van der Waals surface area contributed by atoms with Crippen molar-refractivity contribution in [3.63, 3.8) is 0 Å². The van der Waals surface area contributed by atoms with Gasteiger partial charge in [-0.1, -0.05) is 18.2 Å². The van der Waals surface area contributed by atoms with Crippen LogP contribution in [0.4, 0.5) is 0 Å². The van der Waals surface area contributed by atoms with Gasteiger partial charge in [0.2, 0.25) is 0 Å². The Morgan fingerprint density at radius 3 is 3.00 bits per heavy atom. The second-order valence-electron chi connectivity index (χ2n) is 5.53. The molecular weight excluding hydrogens is 250 g/mol. The zero-order chi connectivity index (χ0) is 13.9. The highest BCUT2D eigenvalue weighted by atomic mass is 16.5. The van der Waals surface area contributed by atoms with Crippen LogP contribution in [-0.2, 0) is 13.0 Å². The van der Waals surface area contributed by atoms with Crippen molar-refractivity contribution in [1.82, 2.24) is 15.5 Å². The Hall–Kier alpha value is -1.81. The fourth-order valence-corrected chi connectivity index (χ4v) is 2.76. The summed E-state index contributed by atoms with van der Waals surface area (Å²) in [6.07, 6.45) is 1.09. The van der Waals surface area contributed by atoms with E-state index in [1.807, 2.05) is 13.0 Å². The van der Waals surface area contributed by atoms with Gasteiger partial charge in [0.15, 0.2) is 0 Å². The molecule has 0 amide bonds. The average molecular weight is 271 g/mol. The number of ether oxygens (including phenoxy) is 1. The molecule has 3 rings (SSSR count). The summed E-state index contributed by atoms with van der Waals surface area (Å²) >= 11 is 0. The van der Waals surface area contributed by atoms with Gasteiger partial charge in [-0.3, -0.25) is 5.10 Å². The van der Waals surface area contributed by atoms with Crippen molar-refractivity contribution in [2.75, 3.05) is 13.2 Å². The van der Waals surface area contributed by atoms with Crippen molar-refractivity contribution in [3.05, 3.63) is 46.8 Å². The molecule has 1 unspecified atom stereocenters. The highest BCUT2D eigenvalue weighted by Crippen LogP contribution is 2.26. The maximum atomic E-state index is 5.81. The second-order valence-corrected chi connectivity index (χ2v) is 5.53. The van der Waals surface area contributed by atoms with Gasteiger partial charge in [-0.05, 0) is 31.9 Å². The Morgan fingerprint density at radius 1 is 1.35 bits per heavy atom. The minimum atomic E-state index is 0.539. The minimum absolute atomic E-state index is 0.539. The second kappa shape index (κ2) is 5.67. The van der Waals surface area contributed by atoms with Crippen LogP contribution in [-0.4, -0.2) is 23.3 Å². The number of nitrogens with one attached hydrogen (secondary N) is 2. The third-order valence-corrected chi connectivity index (χ3v) is 3.97. The number of rotatable bonds is 4. The minimum Gasteiger partial charge on any atom is -0.493 e. The predicted molar refractivity (Wildman–Crippen MR) is 78.9 cm³/mol. The summed E-state index contributed by atoms with van der Waals surface area (Å²) in [7, 11) is 0. The third-order valence-electron chi connectivity index (χ3n) is 3.97. The van der Waals surface area contributed by atoms with E-state index >= 15 is 0 Å². The zero-order valence-corrected chi connectivity index (χ0v) is 12.1. The van der Waals surface area contributed by atoms with Crippen molar-refractivity contribution >= 4 is 0 Å². The van der Waals surface area contributed by atoms with Gasteiger partial charge in [-0.2, -0.15) is 5.10 Å². The molecule has 0 bridgehead atoms. The molecule has 0 saturated carbocycles. The summed E-state index contributed by atoms with van der Waals surface area (Å²) in [5, 5.41) is 10.8. The molecule has 0 spiro atoms. The van der Waals surface area contributed by atoms with E-state index in [0.29, 0.717) is 5.92 Å². The van der Waals surface area contributed by atoms with Gasteiger partial charge in [-0.15, -0.1) is 0 Å². The maximum Gasteiger partial charge on any atom is 0.122 e. The maximum absolute atomic E-state index is 5.81. The van der Waals surface area contributed by atoms with Crippen LogP contribution >= 0.6 is 0 Å². The number of H-pyrrole nitrogens is 1. The van der Waals surface area contributed by atoms with Gasteiger partial charge < -0.3 is 10.1 Å². The fraction of sp³-hybridized carbons (Fsp3) is 0.438. The standard InChI is InChI=1S/C16H21N3O/c1-11-15(12(2)19-18-11)9-17-8-13-7-14-5-3-4-6-16(14)20-10-13/h3-6,13,17H,7-10H2,1-2H3,(H,18,19). The first-order valence-corrected chi connectivity index (χ1v) is 7.16. The Bertz CT molecular complexity index is 572. The lowest BCUT2D eigenvalue weighted by Crippen LogP contribution is -2.31. The smallest absolute Gasteiger partial charge is 0.122 e. The van der Waals surface area contributed by atoms with Crippen LogP contribution in [0.3, 0.4) is 0 Å². The summed E-state index contributed by atoms with van der Waals surface area (Å²) in [6, 6.07) is 8.32. The van der Waals surface area contributed by atoms with Crippen LogP contribution < -0.4 is 10.1 Å². The molecule has 1 aliphatic heterocycles. The number of fused-ring (bicyclic) bond motifs is 1. The van der Waals surface area contributed by atoms with E-state index in [9.17, 15) is 0 Å². The van der Waals surface area contributed by atoms with E-state index in [2.05, 4.69) is 40.6 Å². The molecule has 2 N–H and O–H groups in total. The van der Waals surface area contributed by atoms with Crippen molar-refractivity contribution in [1.29, 1.82) is 0 Å². The number of aromatic nitrogens is 2. The van der Waals surface area contributed by atoms with Crippen LogP contribution in [0.2, 0.25) is 0 Å². The molecule has 20 heavy (non-hydrogen) atoms. The lowest BCUT2D eigenvalue weighted by atomic mass is 9.96. The largest absolute Gasteiger partial charge is 0.493 e. The summed E-state index contributed by atoms with van der Waals surface area (Å²) in [5.74, 6) is 1.59. The molecule has 1 aromatic heterocycles. The zero-order valence-electron chi connectivity index (χ0n) is 12.1. The molecule has 0 radical (unpaired) electrons. The number of aryl methyl sites for hydroxylation is 2. The quantitative estimate of drug-likeness (QED) is 0.897. The van der Waals surface area contributed by atoms with Gasteiger partial charge in [-0.25, -0.2) is 0 Å². The summed E-state index contributed by atoms with van der Waals surface area (Å²) in [6.45, 7) is 6.75. The van der Waals surface area contributed by atoms with Gasteiger partial charge in [0.05, 0.1) is 12.3 Å². The van der Waals surface area contributed by atoms with Crippen LogP contribution in [0.5, 0.6) is 5.75 Å². The Labute approximate surface area is 119 Å². The first kappa shape index (κ1) is 13.2. The summed E-state index contributed by atoms with van der Waals surface area (Å²) < 4.78 is 5.81. The van der Waals surface area contributed by atoms with Crippen LogP contribution in [0.1, 0.15) is 22.5 Å². The van der Waals surface area contributed by atoms with Crippen molar-refractivity contribution in [3.8, 4) is 5.75 Å². The Kier molecular flexibility index (Phi) is 3.74. The molecule has 2 aromatic rings. The Morgan fingerprint density at radius 2 is 2.20 bits per heavy atom. The number of aromatic amines is 1. The lowest BCUT2D eigenvalue weighted by molar-refractivity contribution is 0.218. The highest BCUT2D eigenvalue weighted by Gasteiger charge is 2.19. The molecule has 1 aliphatic rings. The highest BCUT2D eigenvalue weighted by molar-refractivity contribution is 5.35. The molecule has 1 aromatic carbocycles. The molecule has 106 valence electrons. The normalized spacial score (nSPS) is 17.6. The first-order valence-electron chi connectivity index (χ1n) is 7.16. The van der Waals surface area contributed by atoms with Gasteiger partial charge in [0.1, 0.15) is 5.75 Å². The number of nitrogens with zero attached hydrogens (tertiary/aromatic N) is 1. The molecule has 4 heteroatoms. The van der Waals surface area contributed by atoms with E-state index in [1.54, 1.807) is 0 Å². The van der Waals surface area contributed by atoms with Crippen molar-refractivity contribution in [2.24, 2.45) is 5.92 Å². The Balaban J connectivity index is 1.53. The molecule has 0 fully saturated rings. The lowest BCUT2D eigenvalue weighted by Gasteiger charge is -2.25. The van der Waals surface area contributed by atoms with Crippen LogP contribution in [0, 0.1) is 19.8 Å². The summed E-state index contributed by atoms with van der Waals surface area (Å²) in [5.41, 5.74) is 4.84. The third kappa shape index (κ3) is 2.70. The van der Waals surface area contributed by atoms with Gasteiger partial charge in [0, 0.05) is 30.3 Å². The number of hydrogen-bond acceptors (Lipinski definition) is 3. The number of hydrogen-bond donors (Lipinski definition) is 2. The molecule has 0 aliphatic carbocycles. The van der Waals surface area contributed by atoms with E-state index in [1.165, 1.54) is 11.1 Å². The van der Waals surface area contributed by atoms with Gasteiger partial charge >= 0.3 is 0 Å². The first-order chi connectivity index (χ1) is 9.74. The monoisotopic (exact) mass is 271 g/mol. The summed E-state index contributed by atoms with van der Waals surface area (Å²) in [4.78, 5) is 0. The van der Waals surface area contributed by atoms with E-state index in [-0.39, 0.29) is 0 Å². The predicted octanol–water partition coefficient (Wildman–Crippen LogP) is 2.37. The van der Waals surface area contributed by atoms with E-state index in [0.717, 1.165) is 43.3 Å². The number of benzene rings is 1. The van der Waals surface area contributed by atoms with Gasteiger partial charge in [0.25, 0.3) is 0 Å². The van der Waals surface area contributed by atoms with E-state index < -0.39 is 0 Å². The molecular formula is C16H21N3O. The number of para-hydroxylation sites is 1. The molecule has 1 atom stereocenters. The molecule has 0 saturated heterocycles. The van der Waals surface area contributed by atoms with Crippen molar-refractivity contribution in [2.45, 2.75) is 26.8 Å². The SMILES string of the molecule is Cc1n[nH]c(C)c1CNCC1COc2ccccc2C1. The van der Waals surface area contributed by atoms with E-state index in [4.69, 9.17) is 4.74 Å². The van der Waals surface area contributed by atoms with Crippen LogP contribution in [0.25, 0.3) is 0 Å². The average Bonchev–Trinajstić information content (AvgIpc) is 2.79.